The smallest absolute Gasteiger partial charge is 0.214 e. The van der Waals surface area contributed by atoms with Gasteiger partial charge in [-0.3, -0.25) is 0 Å². The van der Waals surface area contributed by atoms with Gasteiger partial charge < -0.3 is 9.42 Å². The Morgan fingerprint density at radius 1 is 1.00 bits per heavy atom. The molecule has 4 heteroatoms. The second-order valence-corrected chi connectivity index (χ2v) is 4.35. The molecule has 1 saturated heterocycles. The second kappa shape index (κ2) is 4.57. The van der Waals surface area contributed by atoms with Crippen LogP contribution in [0.15, 0.2) is 35.2 Å². The molecule has 1 aliphatic heterocycles. The first kappa shape index (κ1) is 10.3. The van der Waals surface area contributed by atoms with Crippen molar-refractivity contribution in [3.05, 3.63) is 30.7 Å². The molecule has 0 unspecified atom stereocenters. The van der Waals surface area contributed by atoms with E-state index in [-0.39, 0.29) is 0 Å². The number of anilines is 1. The molecule has 0 N–H and O–H groups in total. The van der Waals surface area contributed by atoms with Crippen LogP contribution in [0.1, 0.15) is 19.3 Å². The molecule has 1 aromatic heterocycles. The summed E-state index contributed by atoms with van der Waals surface area (Å²) in [4.78, 5) is 6.47. The van der Waals surface area contributed by atoms with Crippen molar-refractivity contribution in [3.8, 4) is 11.4 Å². The summed E-state index contributed by atoms with van der Waals surface area (Å²) in [5.74, 6) is 0.648. The Morgan fingerprint density at radius 3 is 2.41 bits per heavy atom. The molecule has 0 spiro atoms. The highest BCUT2D eigenvalue weighted by Crippen LogP contribution is 2.23. The van der Waals surface area contributed by atoms with E-state index in [1.54, 1.807) is 0 Å². The lowest BCUT2D eigenvalue weighted by Crippen LogP contribution is -2.29. The van der Waals surface area contributed by atoms with Crippen LogP contribution in [0.4, 0.5) is 5.69 Å². The van der Waals surface area contributed by atoms with Gasteiger partial charge in [-0.05, 0) is 43.5 Å². The van der Waals surface area contributed by atoms with Crippen molar-refractivity contribution < 1.29 is 4.52 Å². The maximum Gasteiger partial charge on any atom is 0.214 e. The predicted molar refractivity (Wildman–Crippen MR) is 65.8 cm³/mol. The van der Waals surface area contributed by atoms with E-state index in [1.165, 1.54) is 44.4 Å². The van der Waals surface area contributed by atoms with E-state index in [1.807, 2.05) is 0 Å². The van der Waals surface area contributed by atoms with E-state index < -0.39 is 0 Å². The predicted octanol–water partition coefficient (Wildman–Crippen LogP) is 2.73. The molecule has 0 saturated carbocycles. The highest BCUT2D eigenvalue weighted by molar-refractivity contribution is 5.59. The number of benzene rings is 1. The third-order valence-electron chi connectivity index (χ3n) is 3.21. The van der Waals surface area contributed by atoms with Crippen LogP contribution < -0.4 is 4.90 Å². The fourth-order valence-corrected chi connectivity index (χ4v) is 2.27. The molecule has 1 aliphatic rings. The van der Waals surface area contributed by atoms with Crippen molar-refractivity contribution in [2.45, 2.75) is 19.3 Å². The molecule has 88 valence electrons. The van der Waals surface area contributed by atoms with Crippen molar-refractivity contribution in [3.63, 3.8) is 0 Å². The summed E-state index contributed by atoms with van der Waals surface area (Å²) in [5.41, 5.74) is 2.29. The minimum atomic E-state index is 0.648. The largest absolute Gasteiger partial charge is 0.372 e. The van der Waals surface area contributed by atoms with Gasteiger partial charge in [0.25, 0.3) is 0 Å². The van der Waals surface area contributed by atoms with Gasteiger partial charge in [0.15, 0.2) is 0 Å². The number of hydrogen-bond donors (Lipinski definition) is 0. The quantitative estimate of drug-likeness (QED) is 0.794. The molecular weight excluding hydrogens is 214 g/mol. The molecule has 1 fully saturated rings. The van der Waals surface area contributed by atoms with Crippen LogP contribution in [0.2, 0.25) is 0 Å². The highest BCUT2D eigenvalue weighted by atomic mass is 16.5. The number of nitrogens with zero attached hydrogens (tertiary/aromatic N) is 3. The summed E-state index contributed by atoms with van der Waals surface area (Å²) in [6.45, 7) is 2.34. The van der Waals surface area contributed by atoms with Crippen molar-refractivity contribution in [1.82, 2.24) is 10.1 Å². The fourth-order valence-electron chi connectivity index (χ4n) is 2.27. The summed E-state index contributed by atoms with van der Waals surface area (Å²) in [6, 6.07) is 8.37. The van der Waals surface area contributed by atoms with Crippen LogP contribution in [-0.4, -0.2) is 23.2 Å². The number of aromatic nitrogens is 2. The molecule has 2 aromatic rings. The van der Waals surface area contributed by atoms with E-state index in [0.29, 0.717) is 5.82 Å². The number of piperidine rings is 1. The molecule has 1 aromatic carbocycles. The third kappa shape index (κ3) is 2.16. The van der Waals surface area contributed by atoms with Crippen molar-refractivity contribution in [2.75, 3.05) is 18.0 Å². The van der Waals surface area contributed by atoms with Gasteiger partial charge in [-0.25, -0.2) is 0 Å². The fraction of sp³-hybridized carbons (Fsp3) is 0.385. The molecular formula is C13H15N3O. The Morgan fingerprint density at radius 2 is 1.76 bits per heavy atom. The Hall–Kier alpha value is -1.84. The standard InChI is InChI=1S/C13H15N3O/c1-2-8-16(9-3-1)12-6-4-11(5-7-12)13-14-10-17-15-13/h4-7,10H,1-3,8-9H2. The lowest BCUT2D eigenvalue weighted by Gasteiger charge is -2.28. The number of hydrogen-bond acceptors (Lipinski definition) is 4. The first-order chi connectivity index (χ1) is 8.43. The first-order valence-corrected chi connectivity index (χ1v) is 6.05. The van der Waals surface area contributed by atoms with E-state index in [2.05, 4.69) is 39.3 Å². The molecule has 2 heterocycles. The topological polar surface area (TPSA) is 42.2 Å². The van der Waals surface area contributed by atoms with E-state index >= 15 is 0 Å². The van der Waals surface area contributed by atoms with Gasteiger partial charge in [0.05, 0.1) is 0 Å². The summed E-state index contributed by atoms with van der Waals surface area (Å²) in [7, 11) is 0. The van der Waals surface area contributed by atoms with Crippen LogP contribution in [-0.2, 0) is 0 Å². The summed E-state index contributed by atoms with van der Waals surface area (Å²) in [5, 5.41) is 3.83. The van der Waals surface area contributed by atoms with Crippen molar-refractivity contribution in [1.29, 1.82) is 0 Å². The van der Waals surface area contributed by atoms with Crippen molar-refractivity contribution in [2.24, 2.45) is 0 Å². The normalized spacial score (nSPS) is 16.1. The van der Waals surface area contributed by atoms with Crippen LogP contribution in [0.3, 0.4) is 0 Å². The minimum Gasteiger partial charge on any atom is -0.372 e. The van der Waals surface area contributed by atoms with Gasteiger partial charge in [0.1, 0.15) is 0 Å². The van der Waals surface area contributed by atoms with Crippen LogP contribution >= 0.6 is 0 Å². The maximum atomic E-state index is 4.74. The van der Waals surface area contributed by atoms with E-state index in [4.69, 9.17) is 4.52 Å². The molecule has 17 heavy (non-hydrogen) atoms. The molecule has 4 nitrogen and oxygen atoms in total. The second-order valence-electron chi connectivity index (χ2n) is 4.35. The number of rotatable bonds is 2. The molecule has 0 aliphatic carbocycles. The van der Waals surface area contributed by atoms with Gasteiger partial charge in [-0.1, -0.05) is 5.16 Å². The maximum absolute atomic E-state index is 4.74. The lowest BCUT2D eigenvalue weighted by atomic mass is 10.1. The Bertz CT molecular complexity index is 458. The molecule has 3 rings (SSSR count). The molecule has 0 radical (unpaired) electrons. The first-order valence-electron chi connectivity index (χ1n) is 6.05. The molecule has 0 amide bonds. The Kier molecular flexibility index (Phi) is 2.78. The molecule has 0 bridgehead atoms. The average Bonchev–Trinajstić information content (AvgIpc) is 2.94. The SMILES string of the molecule is c1nc(-c2ccc(N3CCCCC3)cc2)no1. The monoisotopic (exact) mass is 229 g/mol. The summed E-state index contributed by atoms with van der Waals surface area (Å²) < 4.78 is 4.74. The van der Waals surface area contributed by atoms with Gasteiger partial charge in [-0.2, -0.15) is 4.98 Å². The summed E-state index contributed by atoms with van der Waals surface area (Å²) in [6.07, 6.45) is 5.31. The highest BCUT2D eigenvalue weighted by Gasteiger charge is 2.11. The lowest BCUT2D eigenvalue weighted by molar-refractivity contribution is 0.419. The zero-order chi connectivity index (χ0) is 11.5. The van der Waals surface area contributed by atoms with Crippen LogP contribution in [0.5, 0.6) is 0 Å². The van der Waals surface area contributed by atoms with Gasteiger partial charge in [0, 0.05) is 24.3 Å². The molecule has 0 atom stereocenters. The van der Waals surface area contributed by atoms with Gasteiger partial charge in [-0.15, -0.1) is 0 Å². The Labute approximate surface area is 100 Å². The van der Waals surface area contributed by atoms with Crippen LogP contribution in [0.25, 0.3) is 11.4 Å². The van der Waals surface area contributed by atoms with Gasteiger partial charge >= 0.3 is 0 Å². The van der Waals surface area contributed by atoms with E-state index in [0.717, 1.165) is 5.56 Å². The average molecular weight is 229 g/mol. The summed E-state index contributed by atoms with van der Waals surface area (Å²) >= 11 is 0. The zero-order valence-corrected chi connectivity index (χ0v) is 9.67. The zero-order valence-electron chi connectivity index (χ0n) is 9.67. The third-order valence-corrected chi connectivity index (χ3v) is 3.21. The van der Waals surface area contributed by atoms with E-state index in [9.17, 15) is 0 Å². The van der Waals surface area contributed by atoms with Gasteiger partial charge in [0.2, 0.25) is 12.2 Å². The Balaban J connectivity index is 1.80. The minimum absolute atomic E-state index is 0.648. The van der Waals surface area contributed by atoms with Crippen molar-refractivity contribution >= 4 is 5.69 Å². The van der Waals surface area contributed by atoms with Crippen LogP contribution in [0, 0.1) is 0 Å².